The maximum atomic E-state index is 13.3. The molecule has 1 heterocycles. The van der Waals surface area contributed by atoms with E-state index >= 15 is 0 Å². The van der Waals surface area contributed by atoms with Crippen molar-refractivity contribution in [2.75, 3.05) is 0 Å². The minimum atomic E-state index is -0.945. The molecule has 0 aliphatic heterocycles. The average molecular weight is 266 g/mol. The van der Waals surface area contributed by atoms with Crippen LogP contribution in [-0.4, -0.2) is 11.6 Å². The van der Waals surface area contributed by atoms with E-state index in [-0.39, 0.29) is 0 Å². The van der Waals surface area contributed by atoms with Crippen molar-refractivity contribution in [1.29, 1.82) is 0 Å². The highest BCUT2D eigenvalue weighted by Crippen LogP contribution is 2.17. The van der Waals surface area contributed by atoms with Crippen molar-refractivity contribution in [3.8, 4) is 0 Å². The third-order valence-electron chi connectivity index (χ3n) is 2.36. The van der Waals surface area contributed by atoms with Crippen LogP contribution in [0.5, 0.6) is 0 Å². The van der Waals surface area contributed by atoms with E-state index in [2.05, 4.69) is 0 Å². The largest absolute Gasteiger partial charge is 0.293 e. The van der Waals surface area contributed by atoms with Gasteiger partial charge in [-0.1, -0.05) is 12.1 Å². The summed E-state index contributed by atoms with van der Waals surface area (Å²) in [7, 11) is 0. The van der Waals surface area contributed by atoms with Crippen LogP contribution in [0.25, 0.3) is 0 Å². The highest BCUT2D eigenvalue weighted by molar-refractivity contribution is 7.12. The topological polar surface area (TPSA) is 34.1 Å². The van der Waals surface area contributed by atoms with Gasteiger partial charge in [-0.2, -0.15) is 0 Å². The highest BCUT2D eigenvalue weighted by Gasteiger charge is 2.20. The molecule has 1 aromatic carbocycles. The zero-order valence-corrected chi connectivity index (χ0v) is 9.97. The Balaban J connectivity index is 2.20. The van der Waals surface area contributed by atoms with Gasteiger partial charge in [-0.3, -0.25) is 9.59 Å². The Morgan fingerprint density at radius 3 is 2.22 bits per heavy atom. The maximum Gasteiger partial charge on any atom is 0.180 e. The Kier molecular flexibility index (Phi) is 3.62. The van der Waals surface area contributed by atoms with Crippen molar-refractivity contribution < 1.29 is 18.4 Å². The zero-order chi connectivity index (χ0) is 13.1. The molecule has 0 fully saturated rings. The first-order chi connectivity index (χ1) is 8.59. The number of thiophene rings is 1. The van der Waals surface area contributed by atoms with Crippen LogP contribution < -0.4 is 0 Å². The Bertz CT molecular complexity index is 571. The van der Waals surface area contributed by atoms with Gasteiger partial charge in [0.25, 0.3) is 0 Å². The normalized spacial score (nSPS) is 10.3. The number of Topliss-reactive ketones (excluding diaryl/α,β-unsaturated/α-hetero) is 2. The fourth-order valence-electron chi connectivity index (χ4n) is 1.52. The van der Waals surface area contributed by atoms with Crippen LogP contribution in [0.4, 0.5) is 8.78 Å². The van der Waals surface area contributed by atoms with E-state index in [1.165, 1.54) is 17.4 Å². The summed E-state index contributed by atoms with van der Waals surface area (Å²) in [6.45, 7) is 0. The maximum absolute atomic E-state index is 13.3. The van der Waals surface area contributed by atoms with E-state index in [0.717, 1.165) is 12.1 Å². The molecule has 0 saturated carbocycles. The molecule has 18 heavy (non-hydrogen) atoms. The standard InChI is InChI=1S/C13H8F2O2S/c14-8-3-1-4-9(15)13(8)11(17)7-10(16)12-5-2-6-18-12/h1-6H,7H2. The second-order valence-electron chi connectivity index (χ2n) is 3.60. The first kappa shape index (κ1) is 12.6. The lowest BCUT2D eigenvalue weighted by atomic mass is 10.0. The summed E-state index contributed by atoms with van der Waals surface area (Å²) in [5, 5.41) is 1.70. The molecule has 2 rings (SSSR count). The molecule has 2 aromatic rings. The summed E-state index contributed by atoms with van der Waals surface area (Å²) >= 11 is 1.19. The summed E-state index contributed by atoms with van der Waals surface area (Å²) in [5.74, 6) is -3.17. The van der Waals surface area contributed by atoms with E-state index in [0.29, 0.717) is 4.88 Å². The van der Waals surface area contributed by atoms with Gasteiger partial charge in [-0.05, 0) is 23.6 Å². The zero-order valence-electron chi connectivity index (χ0n) is 9.15. The molecular formula is C13H8F2O2S. The molecule has 5 heteroatoms. The van der Waals surface area contributed by atoms with Gasteiger partial charge in [-0.25, -0.2) is 8.78 Å². The molecule has 0 unspecified atom stereocenters. The molecule has 0 aliphatic rings. The monoisotopic (exact) mass is 266 g/mol. The summed E-state index contributed by atoms with van der Waals surface area (Å²) in [4.78, 5) is 23.8. The number of rotatable bonds is 4. The third kappa shape index (κ3) is 2.51. The van der Waals surface area contributed by atoms with E-state index in [4.69, 9.17) is 0 Å². The summed E-state index contributed by atoms with van der Waals surface area (Å²) in [5.41, 5.74) is -0.651. The van der Waals surface area contributed by atoms with Crippen molar-refractivity contribution in [1.82, 2.24) is 0 Å². The smallest absolute Gasteiger partial charge is 0.180 e. The first-order valence-electron chi connectivity index (χ1n) is 5.13. The average Bonchev–Trinajstić information content (AvgIpc) is 2.81. The van der Waals surface area contributed by atoms with Crippen LogP contribution in [0.1, 0.15) is 26.5 Å². The first-order valence-corrected chi connectivity index (χ1v) is 6.01. The fourth-order valence-corrected chi connectivity index (χ4v) is 2.19. The summed E-state index contributed by atoms with van der Waals surface area (Å²) in [6, 6.07) is 6.39. The quantitative estimate of drug-likeness (QED) is 0.627. The van der Waals surface area contributed by atoms with Crippen LogP contribution in [0.2, 0.25) is 0 Å². The third-order valence-corrected chi connectivity index (χ3v) is 3.27. The van der Waals surface area contributed by atoms with Crippen LogP contribution in [0, 0.1) is 11.6 Å². The second-order valence-corrected chi connectivity index (χ2v) is 4.54. The van der Waals surface area contributed by atoms with Crippen LogP contribution in [-0.2, 0) is 0 Å². The van der Waals surface area contributed by atoms with Gasteiger partial charge in [-0.15, -0.1) is 11.3 Å². The molecule has 0 bridgehead atoms. The molecule has 0 saturated heterocycles. The number of hydrogen-bond donors (Lipinski definition) is 0. The van der Waals surface area contributed by atoms with Crippen molar-refractivity contribution >= 4 is 22.9 Å². The lowest BCUT2D eigenvalue weighted by Crippen LogP contribution is -2.11. The van der Waals surface area contributed by atoms with E-state index in [1.54, 1.807) is 17.5 Å². The van der Waals surface area contributed by atoms with Crippen molar-refractivity contribution in [3.63, 3.8) is 0 Å². The Morgan fingerprint density at radius 1 is 1.00 bits per heavy atom. The van der Waals surface area contributed by atoms with E-state index in [9.17, 15) is 18.4 Å². The minimum Gasteiger partial charge on any atom is -0.293 e. The molecule has 92 valence electrons. The van der Waals surface area contributed by atoms with Crippen molar-refractivity contribution in [3.05, 3.63) is 57.8 Å². The summed E-state index contributed by atoms with van der Waals surface area (Å²) < 4.78 is 26.6. The molecule has 0 aliphatic carbocycles. The van der Waals surface area contributed by atoms with Crippen molar-refractivity contribution in [2.45, 2.75) is 6.42 Å². The second kappa shape index (κ2) is 5.18. The van der Waals surface area contributed by atoms with Gasteiger partial charge >= 0.3 is 0 Å². The Morgan fingerprint density at radius 2 is 1.67 bits per heavy atom. The van der Waals surface area contributed by atoms with Crippen LogP contribution in [0.3, 0.4) is 0 Å². The number of carbonyl (C=O) groups excluding carboxylic acids is 2. The minimum absolute atomic E-state index is 0.403. The number of hydrogen-bond acceptors (Lipinski definition) is 3. The predicted molar refractivity (Wildman–Crippen MR) is 64.0 cm³/mol. The Hall–Kier alpha value is -1.88. The van der Waals surface area contributed by atoms with Crippen molar-refractivity contribution in [2.24, 2.45) is 0 Å². The lowest BCUT2D eigenvalue weighted by Gasteiger charge is -2.02. The van der Waals surface area contributed by atoms with Gasteiger partial charge in [0.2, 0.25) is 0 Å². The molecule has 0 N–H and O–H groups in total. The van der Waals surface area contributed by atoms with E-state index < -0.39 is 35.2 Å². The molecular weight excluding hydrogens is 258 g/mol. The van der Waals surface area contributed by atoms with Gasteiger partial charge in [0.15, 0.2) is 11.6 Å². The number of benzene rings is 1. The molecule has 1 aromatic heterocycles. The molecule has 0 atom stereocenters. The molecule has 0 radical (unpaired) electrons. The Labute approximate surface area is 106 Å². The summed E-state index contributed by atoms with van der Waals surface area (Å²) in [6.07, 6.45) is -0.529. The lowest BCUT2D eigenvalue weighted by molar-refractivity contribution is 0.0892. The van der Waals surface area contributed by atoms with Gasteiger partial charge in [0.05, 0.1) is 16.9 Å². The van der Waals surface area contributed by atoms with Gasteiger partial charge in [0.1, 0.15) is 11.6 Å². The van der Waals surface area contributed by atoms with Crippen LogP contribution >= 0.6 is 11.3 Å². The number of carbonyl (C=O) groups is 2. The fraction of sp³-hybridized carbons (Fsp3) is 0.0769. The van der Waals surface area contributed by atoms with Crippen LogP contribution in [0.15, 0.2) is 35.7 Å². The SMILES string of the molecule is O=C(CC(=O)c1c(F)cccc1F)c1cccs1. The highest BCUT2D eigenvalue weighted by atomic mass is 32.1. The molecule has 2 nitrogen and oxygen atoms in total. The number of halogens is 2. The predicted octanol–water partition coefficient (Wildman–Crippen LogP) is 3.48. The molecule has 0 spiro atoms. The van der Waals surface area contributed by atoms with E-state index in [1.807, 2.05) is 0 Å². The van der Waals surface area contributed by atoms with Gasteiger partial charge in [0, 0.05) is 0 Å². The molecule has 0 amide bonds. The van der Waals surface area contributed by atoms with Gasteiger partial charge < -0.3 is 0 Å². The number of ketones is 2.